The molecule has 1 N–H and O–H groups in total. The number of aromatic nitrogens is 1. The van der Waals surface area contributed by atoms with Crippen LogP contribution in [0.2, 0.25) is 5.15 Å². The van der Waals surface area contributed by atoms with Crippen LogP contribution in [-0.2, 0) is 6.42 Å². The molecule has 1 atom stereocenters. The molecule has 2 aromatic rings. The molecule has 2 rings (SSSR count). The van der Waals surface area contributed by atoms with E-state index < -0.39 is 17.7 Å². The minimum atomic E-state index is -0.912. The molecule has 0 aliphatic rings. The van der Waals surface area contributed by atoms with Gasteiger partial charge in [-0.05, 0) is 29.3 Å². The molecule has 5 heteroatoms. The van der Waals surface area contributed by atoms with Gasteiger partial charge in [0.2, 0.25) is 0 Å². The number of rotatable bonds is 3. The Hall–Kier alpha value is -1.52. The molecule has 1 aromatic heterocycles. The van der Waals surface area contributed by atoms with Gasteiger partial charge in [0.15, 0.2) is 0 Å². The van der Waals surface area contributed by atoms with Crippen LogP contribution in [0.3, 0.4) is 0 Å². The van der Waals surface area contributed by atoms with Crippen LogP contribution >= 0.6 is 11.6 Å². The van der Waals surface area contributed by atoms with Gasteiger partial charge in [-0.3, -0.25) is 0 Å². The van der Waals surface area contributed by atoms with Gasteiger partial charge in [0.1, 0.15) is 16.8 Å². The highest BCUT2D eigenvalue weighted by atomic mass is 35.5. The topological polar surface area (TPSA) is 33.1 Å². The molecule has 0 saturated carbocycles. The van der Waals surface area contributed by atoms with E-state index in [1.54, 1.807) is 6.07 Å². The quantitative estimate of drug-likeness (QED) is 0.868. The third-order valence-electron chi connectivity index (χ3n) is 2.56. The summed E-state index contributed by atoms with van der Waals surface area (Å²) in [6.07, 6.45) is 0.597. The Bertz CT molecular complexity index is 562. The van der Waals surface area contributed by atoms with Gasteiger partial charge in [0.25, 0.3) is 0 Å². The first kappa shape index (κ1) is 12.9. The third-order valence-corrected chi connectivity index (χ3v) is 2.77. The van der Waals surface area contributed by atoms with Crippen LogP contribution < -0.4 is 0 Å². The molecule has 18 heavy (non-hydrogen) atoms. The monoisotopic (exact) mass is 269 g/mol. The first-order chi connectivity index (χ1) is 8.56. The predicted octanol–water partition coefficient (Wildman–Crippen LogP) is 3.29. The van der Waals surface area contributed by atoms with E-state index >= 15 is 0 Å². The number of halogens is 3. The van der Waals surface area contributed by atoms with E-state index in [9.17, 15) is 13.9 Å². The Morgan fingerprint density at radius 1 is 1.22 bits per heavy atom. The van der Waals surface area contributed by atoms with Crippen molar-refractivity contribution in [1.29, 1.82) is 0 Å². The molecule has 1 aromatic carbocycles. The molecule has 0 fully saturated rings. The van der Waals surface area contributed by atoms with Crippen LogP contribution in [0.1, 0.15) is 17.2 Å². The molecule has 2 nitrogen and oxygen atoms in total. The summed E-state index contributed by atoms with van der Waals surface area (Å²) in [7, 11) is 0. The Morgan fingerprint density at radius 3 is 2.67 bits per heavy atom. The Kier molecular flexibility index (Phi) is 3.89. The van der Waals surface area contributed by atoms with Crippen molar-refractivity contribution in [2.24, 2.45) is 0 Å². The largest absolute Gasteiger partial charge is 0.388 e. The van der Waals surface area contributed by atoms with Crippen LogP contribution in [-0.4, -0.2) is 10.1 Å². The van der Waals surface area contributed by atoms with Gasteiger partial charge in [-0.2, -0.15) is 0 Å². The molecule has 1 heterocycles. The summed E-state index contributed by atoms with van der Waals surface area (Å²) in [6.45, 7) is 0. The molecular formula is C13H10ClF2NO. The van der Waals surface area contributed by atoms with Gasteiger partial charge in [-0.15, -0.1) is 0 Å². The number of aliphatic hydroxyl groups excluding tert-OH is 1. The van der Waals surface area contributed by atoms with E-state index in [2.05, 4.69) is 4.98 Å². The summed E-state index contributed by atoms with van der Waals surface area (Å²) in [5, 5.41) is 10.2. The van der Waals surface area contributed by atoms with Gasteiger partial charge in [0.05, 0.1) is 6.10 Å². The van der Waals surface area contributed by atoms with Crippen LogP contribution in [0, 0.1) is 11.6 Å². The molecule has 0 radical (unpaired) electrons. The lowest BCUT2D eigenvalue weighted by molar-refractivity contribution is 0.177. The van der Waals surface area contributed by atoms with Crippen molar-refractivity contribution in [2.75, 3.05) is 0 Å². The van der Waals surface area contributed by atoms with Crippen molar-refractivity contribution in [3.63, 3.8) is 0 Å². The van der Waals surface area contributed by atoms with Crippen molar-refractivity contribution < 1.29 is 13.9 Å². The zero-order valence-electron chi connectivity index (χ0n) is 9.28. The standard InChI is InChI=1S/C13H10ClF2NO/c14-13-6-9(3-4-17-13)12(18)5-8-1-2-10(15)7-11(8)16/h1-4,6-7,12,18H,5H2. The van der Waals surface area contributed by atoms with Crippen molar-refractivity contribution in [3.05, 3.63) is 64.4 Å². The predicted molar refractivity (Wildman–Crippen MR) is 64.3 cm³/mol. The molecule has 0 spiro atoms. The lowest BCUT2D eigenvalue weighted by atomic mass is 10.0. The molecule has 94 valence electrons. The van der Waals surface area contributed by atoms with Gasteiger partial charge in [-0.1, -0.05) is 17.7 Å². The zero-order valence-corrected chi connectivity index (χ0v) is 10.0. The average molecular weight is 270 g/mol. The van der Waals surface area contributed by atoms with Crippen LogP contribution in [0.25, 0.3) is 0 Å². The van der Waals surface area contributed by atoms with E-state index in [1.807, 2.05) is 0 Å². The SMILES string of the molecule is OC(Cc1ccc(F)cc1F)c1ccnc(Cl)c1. The maximum atomic E-state index is 13.4. The molecule has 1 unspecified atom stereocenters. The van der Waals surface area contributed by atoms with Crippen molar-refractivity contribution in [3.8, 4) is 0 Å². The molecule has 0 bridgehead atoms. The molecule has 0 saturated heterocycles. The summed E-state index contributed by atoms with van der Waals surface area (Å²) < 4.78 is 26.1. The molecule has 0 amide bonds. The van der Waals surface area contributed by atoms with Gasteiger partial charge < -0.3 is 5.11 Å². The summed E-state index contributed by atoms with van der Waals surface area (Å²) in [4.78, 5) is 3.79. The third kappa shape index (κ3) is 3.03. The van der Waals surface area contributed by atoms with E-state index in [1.165, 1.54) is 18.3 Å². The lowest BCUT2D eigenvalue weighted by Crippen LogP contribution is -2.04. The lowest BCUT2D eigenvalue weighted by Gasteiger charge is -2.11. The zero-order chi connectivity index (χ0) is 13.1. The van der Waals surface area contributed by atoms with E-state index in [4.69, 9.17) is 11.6 Å². The minimum absolute atomic E-state index is 0.0481. The van der Waals surface area contributed by atoms with Gasteiger partial charge in [-0.25, -0.2) is 13.8 Å². The average Bonchev–Trinajstić information content (AvgIpc) is 2.32. The van der Waals surface area contributed by atoms with Crippen LogP contribution in [0.15, 0.2) is 36.5 Å². The van der Waals surface area contributed by atoms with Gasteiger partial charge >= 0.3 is 0 Å². The van der Waals surface area contributed by atoms with Crippen molar-refractivity contribution in [1.82, 2.24) is 4.98 Å². The smallest absolute Gasteiger partial charge is 0.129 e. The van der Waals surface area contributed by atoms with Gasteiger partial charge in [0, 0.05) is 18.7 Å². The summed E-state index contributed by atoms with van der Waals surface area (Å²) in [6, 6.07) is 6.37. The fourth-order valence-corrected chi connectivity index (χ4v) is 1.82. The second kappa shape index (κ2) is 5.42. The summed E-state index contributed by atoms with van der Waals surface area (Å²) >= 11 is 5.70. The fraction of sp³-hybridized carbons (Fsp3) is 0.154. The van der Waals surface area contributed by atoms with Crippen molar-refractivity contribution in [2.45, 2.75) is 12.5 Å². The number of aliphatic hydroxyl groups is 1. The maximum Gasteiger partial charge on any atom is 0.129 e. The van der Waals surface area contributed by atoms with Crippen LogP contribution in [0.4, 0.5) is 8.78 Å². The summed E-state index contributed by atoms with van der Waals surface area (Å²) in [5.41, 5.74) is 0.788. The van der Waals surface area contributed by atoms with Crippen molar-refractivity contribution >= 4 is 11.6 Å². The second-order valence-electron chi connectivity index (χ2n) is 3.87. The number of hydrogen-bond acceptors (Lipinski definition) is 2. The Labute approximate surface area is 108 Å². The highest BCUT2D eigenvalue weighted by Crippen LogP contribution is 2.21. The highest BCUT2D eigenvalue weighted by molar-refractivity contribution is 6.29. The first-order valence-corrected chi connectivity index (χ1v) is 5.67. The second-order valence-corrected chi connectivity index (χ2v) is 4.25. The van der Waals surface area contributed by atoms with E-state index in [-0.39, 0.29) is 17.1 Å². The molecular weight excluding hydrogens is 260 g/mol. The van der Waals surface area contributed by atoms with E-state index in [0.29, 0.717) is 5.56 Å². The molecule has 0 aliphatic heterocycles. The Balaban J connectivity index is 2.18. The number of pyridine rings is 1. The maximum absolute atomic E-state index is 13.4. The van der Waals surface area contributed by atoms with E-state index in [0.717, 1.165) is 12.1 Å². The van der Waals surface area contributed by atoms with Crippen LogP contribution in [0.5, 0.6) is 0 Å². The minimum Gasteiger partial charge on any atom is -0.388 e. The summed E-state index contributed by atoms with van der Waals surface area (Å²) in [5.74, 6) is -1.31. The first-order valence-electron chi connectivity index (χ1n) is 5.29. The Morgan fingerprint density at radius 2 is 2.00 bits per heavy atom. The highest BCUT2D eigenvalue weighted by Gasteiger charge is 2.12. The molecule has 0 aliphatic carbocycles. The number of benzene rings is 1. The number of nitrogens with zero attached hydrogens (tertiary/aromatic N) is 1. The normalized spacial score (nSPS) is 12.4. The fourth-order valence-electron chi connectivity index (χ4n) is 1.64. The number of hydrogen-bond donors (Lipinski definition) is 1.